The van der Waals surface area contributed by atoms with Crippen molar-refractivity contribution in [2.75, 3.05) is 0 Å². The maximum atomic E-state index is 10.3. The van der Waals surface area contributed by atoms with Crippen LogP contribution in [-0.4, -0.2) is 5.11 Å². The lowest BCUT2D eigenvalue weighted by Crippen LogP contribution is -2.00. The summed E-state index contributed by atoms with van der Waals surface area (Å²) in [6.45, 7) is 3.65. The number of hydrogen-bond donors (Lipinski definition) is 1. The van der Waals surface area contributed by atoms with E-state index in [0.717, 1.165) is 11.1 Å². The van der Waals surface area contributed by atoms with E-state index in [9.17, 15) is 5.11 Å². The first-order chi connectivity index (χ1) is 8.72. The Labute approximate surface area is 112 Å². The van der Waals surface area contributed by atoms with E-state index in [1.807, 2.05) is 30.3 Å². The van der Waals surface area contributed by atoms with E-state index in [-0.39, 0.29) is 0 Å². The molecule has 0 heterocycles. The summed E-state index contributed by atoms with van der Waals surface area (Å²) in [5.41, 5.74) is 5.16. The minimum absolute atomic E-state index is 0.648. The van der Waals surface area contributed by atoms with Gasteiger partial charge in [-0.2, -0.15) is 0 Å². The maximum Gasteiger partial charge on any atom is 0.112 e. The van der Waals surface area contributed by atoms with Crippen LogP contribution in [0.4, 0.5) is 0 Å². The van der Waals surface area contributed by atoms with Gasteiger partial charge in [-0.25, -0.2) is 0 Å². The SMILES string of the molecule is C=C=C(c1ccccc1)C(O)c1ccc(Cl)cc1. The molecule has 18 heavy (non-hydrogen) atoms. The monoisotopic (exact) mass is 256 g/mol. The average Bonchev–Trinajstić information content (AvgIpc) is 2.41. The molecule has 1 N–H and O–H groups in total. The molecule has 0 fully saturated rings. The molecule has 0 bridgehead atoms. The number of aliphatic hydroxyl groups excluding tert-OH is 1. The van der Waals surface area contributed by atoms with Crippen molar-refractivity contribution in [1.82, 2.24) is 0 Å². The highest BCUT2D eigenvalue weighted by molar-refractivity contribution is 6.30. The molecule has 1 atom stereocenters. The molecule has 0 radical (unpaired) electrons. The van der Waals surface area contributed by atoms with E-state index in [2.05, 4.69) is 12.3 Å². The van der Waals surface area contributed by atoms with Gasteiger partial charge in [-0.3, -0.25) is 0 Å². The van der Waals surface area contributed by atoms with Gasteiger partial charge in [0.2, 0.25) is 0 Å². The van der Waals surface area contributed by atoms with E-state index in [0.29, 0.717) is 10.6 Å². The second-order valence-corrected chi connectivity index (χ2v) is 4.35. The highest BCUT2D eigenvalue weighted by Gasteiger charge is 2.14. The van der Waals surface area contributed by atoms with Crippen LogP contribution in [0.2, 0.25) is 5.02 Å². The predicted molar refractivity (Wildman–Crippen MR) is 75.4 cm³/mol. The quantitative estimate of drug-likeness (QED) is 0.815. The van der Waals surface area contributed by atoms with Gasteiger partial charge in [0.15, 0.2) is 0 Å². The van der Waals surface area contributed by atoms with Gasteiger partial charge in [0.25, 0.3) is 0 Å². The molecule has 2 rings (SSSR count). The smallest absolute Gasteiger partial charge is 0.112 e. The van der Waals surface area contributed by atoms with Crippen LogP contribution >= 0.6 is 11.6 Å². The molecule has 1 unspecified atom stereocenters. The lowest BCUT2D eigenvalue weighted by molar-refractivity contribution is 0.238. The Morgan fingerprint density at radius 3 is 2.22 bits per heavy atom. The van der Waals surface area contributed by atoms with Crippen LogP contribution in [0.25, 0.3) is 5.57 Å². The minimum Gasteiger partial charge on any atom is -0.383 e. The Morgan fingerprint density at radius 1 is 1.06 bits per heavy atom. The first-order valence-corrected chi connectivity index (χ1v) is 5.99. The van der Waals surface area contributed by atoms with Crippen molar-refractivity contribution in [1.29, 1.82) is 0 Å². The minimum atomic E-state index is -0.748. The van der Waals surface area contributed by atoms with Crippen molar-refractivity contribution in [3.8, 4) is 0 Å². The standard InChI is InChI=1S/C16H13ClO/c1-2-15(12-6-4-3-5-7-12)16(18)13-8-10-14(17)11-9-13/h3-11,16,18H,1H2. The third kappa shape index (κ3) is 2.72. The molecule has 2 aromatic carbocycles. The van der Waals surface area contributed by atoms with Gasteiger partial charge >= 0.3 is 0 Å². The zero-order chi connectivity index (χ0) is 13.0. The summed E-state index contributed by atoms with van der Waals surface area (Å²) >= 11 is 5.83. The maximum absolute atomic E-state index is 10.3. The van der Waals surface area contributed by atoms with Gasteiger partial charge in [0.1, 0.15) is 6.10 Å². The second kappa shape index (κ2) is 5.70. The Kier molecular flexibility index (Phi) is 4.01. The number of aliphatic hydroxyl groups is 1. The summed E-state index contributed by atoms with van der Waals surface area (Å²) in [6, 6.07) is 16.7. The van der Waals surface area contributed by atoms with E-state index in [1.165, 1.54) is 0 Å². The third-order valence-corrected chi connectivity index (χ3v) is 2.99. The molecule has 90 valence electrons. The molecule has 0 amide bonds. The molecule has 0 saturated carbocycles. The summed E-state index contributed by atoms with van der Waals surface area (Å²) in [4.78, 5) is 0. The summed E-state index contributed by atoms with van der Waals surface area (Å²) in [6.07, 6.45) is -0.748. The Bertz CT molecular complexity index is 566. The van der Waals surface area contributed by atoms with Crippen molar-refractivity contribution >= 4 is 17.2 Å². The lowest BCUT2D eigenvalue weighted by Gasteiger charge is -2.14. The molecular formula is C16H13ClO. The van der Waals surface area contributed by atoms with Gasteiger partial charge in [0.05, 0.1) is 0 Å². The van der Waals surface area contributed by atoms with Gasteiger partial charge in [0, 0.05) is 10.6 Å². The number of halogens is 1. The van der Waals surface area contributed by atoms with E-state index in [4.69, 9.17) is 11.6 Å². The average molecular weight is 257 g/mol. The van der Waals surface area contributed by atoms with Crippen LogP contribution in [0.15, 0.2) is 66.9 Å². The van der Waals surface area contributed by atoms with Crippen molar-refractivity contribution in [3.05, 3.63) is 83.1 Å². The van der Waals surface area contributed by atoms with E-state index in [1.54, 1.807) is 24.3 Å². The van der Waals surface area contributed by atoms with Crippen LogP contribution < -0.4 is 0 Å². The van der Waals surface area contributed by atoms with Gasteiger partial charge in [-0.15, -0.1) is 5.73 Å². The number of rotatable bonds is 3. The molecule has 0 aliphatic heterocycles. The Hall–Kier alpha value is -1.79. The van der Waals surface area contributed by atoms with Crippen molar-refractivity contribution in [2.24, 2.45) is 0 Å². The first kappa shape index (κ1) is 12.7. The normalized spacial score (nSPS) is 11.7. The van der Waals surface area contributed by atoms with Crippen molar-refractivity contribution in [3.63, 3.8) is 0 Å². The van der Waals surface area contributed by atoms with Crippen LogP contribution in [0.5, 0.6) is 0 Å². The van der Waals surface area contributed by atoms with Crippen LogP contribution in [0, 0.1) is 0 Å². The fourth-order valence-corrected chi connectivity index (χ4v) is 1.91. The molecule has 2 aromatic rings. The summed E-state index contributed by atoms with van der Waals surface area (Å²) in [7, 11) is 0. The van der Waals surface area contributed by atoms with Gasteiger partial charge in [-0.05, 0) is 23.3 Å². The molecule has 0 saturated heterocycles. The molecule has 0 aliphatic carbocycles. The molecule has 0 aromatic heterocycles. The molecule has 2 heteroatoms. The molecule has 0 aliphatic rings. The lowest BCUT2D eigenvalue weighted by atomic mass is 9.96. The zero-order valence-electron chi connectivity index (χ0n) is 9.81. The third-order valence-electron chi connectivity index (χ3n) is 2.73. The summed E-state index contributed by atoms with van der Waals surface area (Å²) in [5, 5.41) is 11.0. The summed E-state index contributed by atoms with van der Waals surface area (Å²) in [5.74, 6) is 0. The van der Waals surface area contributed by atoms with E-state index < -0.39 is 6.10 Å². The van der Waals surface area contributed by atoms with Crippen LogP contribution in [0.3, 0.4) is 0 Å². The number of hydrogen-bond acceptors (Lipinski definition) is 1. The predicted octanol–water partition coefficient (Wildman–Crippen LogP) is 4.24. The largest absolute Gasteiger partial charge is 0.383 e. The summed E-state index contributed by atoms with van der Waals surface area (Å²) < 4.78 is 0. The highest BCUT2D eigenvalue weighted by Crippen LogP contribution is 2.29. The molecular weight excluding hydrogens is 244 g/mol. The highest BCUT2D eigenvalue weighted by atomic mass is 35.5. The zero-order valence-corrected chi connectivity index (χ0v) is 10.6. The second-order valence-electron chi connectivity index (χ2n) is 3.91. The van der Waals surface area contributed by atoms with Crippen LogP contribution in [-0.2, 0) is 0 Å². The number of benzene rings is 2. The fourth-order valence-electron chi connectivity index (χ4n) is 1.79. The van der Waals surface area contributed by atoms with Gasteiger partial charge < -0.3 is 5.11 Å². The molecule has 1 nitrogen and oxygen atoms in total. The van der Waals surface area contributed by atoms with Crippen molar-refractivity contribution < 1.29 is 5.11 Å². The van der Waals surface area contributed by atoms with Crippen molar-refractivity contribution in [2.45, 2.75) is 6.10 Å². The first-order valence-electron chi connectivity index (χ1n) is 5.61. The Morgan fingerprint density at radius 2 is 1.67 bits per heavy atom. The van der Waals surface area contributed by atoms with Gasteiger partial charge in [-0.1, -0.05) is 60.6 Å². The fraction of sp³-hybridized carbons (Fsp3) is 0.0625. The van der Waals surface area contributed by atoms with Crippen LogP contribution in [0.1, 0.15) is 17.2 Å². The Balaban J connectivity index is 2.35. The topological polar surface area (TPSA) is 20.2 Å². The van der Waals surface area contributed by atoms with E-state index >= 15 is 0 Å². The molecule has 0 spiro atoms.